The van der Waals surface area contributed by atoms with Gasteiger partial charge in [0.1, 0.15) is 5.75 Å². The zero-order valence-corrected chi connectivity index (χ0v) is 12.0. The first-order chi connectivity index (χ1) is 8.99. The van der Waals surface area contributed by atoms with Crippen LogP contribution in [0.1, 0.15) is 40.7 Å². The van der Waals surface area contributed by atoms with E-state index in [1.807, 2.05) is 26.0 Å². The Morgan fingerprint density at radius 2 is 1.84 bits per heavy atom. The van der Waals surface area contributed by atoms with Crippen molar-refractivity contribution in [2.45, 2.75) is 33.1 Å². The highest BCUT2D eigenvalue weighted by Crippen LogP contribution is 2.23. The van der Waals surface area contributed by atoms with Crippen molar-refractivity contribution >= 4 is 11.7 Å². The number of ether oxygens (including phenoxy) is 1. The predicted octanol–water partition coefficient (Wildman–Crippen LogP) is 2.41. The van der Waals surface area contributed by atoms with Crippen LogP contribution in [0.25, 0.3) is 0 Å². The van der Waals surface area contributed by atoms with E-state index in [2.05, 4.69) is 5.32 Å². The molecule has 1 aromatic carbocycles. The molecule has 1 amide bonds. The third-order valence-electron chi connectivity index (χ3n) is 3.13. The zero-order chi connectivity index (χ0) is 14.4. The van der Waals surface area contributed by atoms with E-state index < -0.39 is 0 Å². The van der Waals surface area contributed by atoms with Crippen LogP contribution in [0.3, 0.4) is 0 Å². The third kappa shape index (κ3) is 4.09. The molecule has 0 unspecified atom stereocenters. The summed E-state index contributed by atoms with van der Waals surface area (Å²) in [6, 6.07) is 3.73. The number of methoxy groups -OCH3 is 1. The van der Waals surface area contributed by atoms with Gasteiger partial charge >= 0.3 is 0 Å². The summed E-state index contributed by atoms with van der Waals surface area (Å²) < 4.78 is 5.22. The Balaban J connectivity index is 2.72. The van der Waals surface area contributed by atoms with Crippen LogP contribution in [0.5, 0.6) is 5.75 Å². The van der Waals surface area contributed by atoms with E-state index in [4.69, 9.17) is 4.74 Å². The van der Waals surface area contributed by atoms with E-state index in [-0.39, 0.29) is 11.7 Å². The molecule has 0 radical (unpaired) electrons. The molecular formula is C15H21NO3. The van der Waals surface area contributed by atoms with Gasteiger partial charge in [-0.2, -0.15) is 0 Å². The highest BCUT2D eigenvalue weighted by molar-refractivity contribution is 5.98. The lowest BCUT2D eigenvalue weighted by Crippen LogP contribution is -2.17. The highest BCUT2D eigenvalue weighted by Gasteiger charge is 2.12. The Morgan fingerprint density at radius 1 is 1.16 bits per heavy atom. The van der Waals surface area contributed by atoms with Gasteiger partial charge in [0.15, 0.2) is 5.78 Å². The SMILES string of the molecule is CNC(=O)CCCC(=O)c1cc(C)c(OC)cc1C. The number of benzene rings is 1. The van der Waals surface area contributed by atoms with Crippen molar-refractivity contribution in [1.29, 1.82) is 0 Å². The maximum atomic E-state index is 12.1. The number of carbonyl (C=O) groups is 2. The summed E-state index contributed by atoms with van der Waals surface area (Å²) in [5.74, 6) is 0.835. The van der Waals surface area contributed by atoms with E-state index >= 15 is 0 Å². The molecule has 0 fully saturated rings. The summed E-state index contributed by atoms with van der Waals surface area (Å²) in [6.45, 7) is 3.81. The molecule has 0 aliphatic rings. The third-order valence-corrected chi connectivity index (χ3v) is 3.13. The topological polar surface area (TPSA) is 55.4 Å². The molecule has 1 rings (SSSR count). The Morgan fingerprint density at radius 3 is 2.42 bits per heavy atom. The zero-order valence-electron chi connectivity index (χ0n) is 12.0. The van der Waals surface area contributed by atoms with Gasteiger partial charge in [-0.15, -0.1) is 0 Å². The smallest absolute Gasteiger partial charge is 0.219 e. The van der Waals surface area contributed by atoms with Gasteiger partial charge in [-0.25, -0.2) is 0 Å². The average Bonchev–Trinajstić information content (AvgIpc) is 2.40. The summed E-state index contributed by atoms with van der Waals surface area (Å²) in [7, 11) is 3.22. The number of ketones is 1. The van der Waals surface area contributed by atoms with Crippen LogP contribution in [0.2, 0.25) is 0 Å². The molecule has 0 spiro atoms. The minimum absolute atomic E-state index is 0.0320. The minimum atomic E-state index is -0.0320. The van der Waals surface area contributed by atoms with Crippen LogP contribution in [0.15, 0.2) is 12.1 Å². The number of nitrogens with one attached hydrogen (secondary N) is 1. The van der Waals surface area contributed by atoms with Gasteiger partial charge < -0.3 is 10.1 Å². The molecule has 4 nitrogen and oxygen atoms in total. The van der Waals surface area contributed by atoms with Crippen LogP contribution in [0.4, 0.5) is 0 Å². The lowest BCUT2D eigenvalue weighted by Gasteiger charge is -2.10. The molecule has 19 heavy (non-hydrogen) atoms. The van der Waals surface area contributed by atoms with Gasteiger partial charge in [0.25, 0.3) is 0 Å². The standard InChI is InChI=1S/C15H21NO3/c1-10-9-14(19-4)11(2)8-12(10)13(17)6-5-7-15(18)16-3/h8-9H,5-7H2,1-4H3,(H,16,18). The van der Waals surface area contributed by atoms with Crippen molar-refractivity contribution in [3.8, 4) is 5.75 Å². The Labute approximate surface area is 114 Å². The molecule has 4 heteroatoms. The molecule has 1 aromatic rings. The van der Waals surface area contributed by atoms with E-state index in [9.17, 15) is 9.59 Å². The summed E-state index contributed by atoms with van der Waals surface area (Å²) >= 11 is 0. The molecular weight excluding hydrogens is 242 g/mol. The fourth-order valence-corrected chi connectivity index (χ4v) is 1.98. The fraction of sp³-hybridized carbons (Fsp3) is 0.467. The maximum absolute atomic E-state index is 12.1. The molecule has 0 saturated heterocycles. The van der Waals surface area contributed by atoms with Crippen molar-refractivity contribution < 1.29 is 14.3 Å². The largest absolute Gasteiger partial charge is 0.496 e. The first kappa shape index (κ1) is 15.2. The van der Waals surface area contributed by atoms with Gasteiger partial charge in [0.05, 0.1) is 7.11 Å². The van der Waals surface area contributed by atoms with E-state index in [1.54, 1.807) is 14.2 Å². The number of hydrogen-bond acceptors (Lipinski definition) is 3. The molecule has 1 N–H and O–H groups in total. The van der Waals surface area contributed by atoms with Crippen molar-refractivity contribution in [3.63, 3.8) is 0 Å². The Kier molecular flexibility index (Phi) is 5.55. The van der Waals surface area contributed by atoms with E-state index in [1.165, 1.54) is 0 Å². The number of amides is 1. The fourth-order valence-electron chi connectivity index (χ4n) is 1.98. The normalized spacial score (nSPS) is 10.1. The van der Waals surface area contributed by atoms with Gasteiger partial charge in [0, 0.05) is 25.5 Å². The van der Waals surface area contributed by atoms with Gasteiger partial charge in [-0.05, 0) is 43.5 Å². The summed E-state index contributed by atoms with van der Waals surface area (Å²) in [5, 5.41) is 2.55. The number of hydrogen-bond donors (Lipinski definition) is 1. The van der Waals surface area contributed by atoms with E-state index in [0.717, 1.165) is 22.4 Å². The van der Waals surface area contributed by atoms with Crippen LogP contribution in [0, 0.1) is 13.8 Å². The number of Topliss-reactive ketones (excluding diaryl/α,β-unsaturated/α-hetero) is 1. The number of aryl methyl sites for hydroxylation is 2. The molecule has 0 aliphatic carbocycles. The van der Waals surface area contributed by atoms with Crippen molar-refractivity contribution in [2.75, 3.05) is 14.2 Å². The van der Waals surface area contributed by atoms with Crippen molar-refractivity contribution in [1.82, 2.24) is 5.32 Å². The van der Waals surface area contributed by atoms with E-state index in [0.29, 0.717) is 19.3 Å². The van der Waals surface area contributed by atoms with Crippen LogP contribution < -0.4 is 10.1 Å². The molecule has 0 aromatic heterocycles. The maximum Gasteiger partial charge on any atom is 0.219 e. The summed E-state index contributed by atoms with van der Waals surface area (Å²) in [5.41, 5.74) is 2.57. The average molecular weight is 263 g/mol. The molecule has 104 valence electrons. The van der Waals surface area contributed by atoms with Gasteiger partial charge in [-0.1, -0.05) is 0 Å². The lowest BCUT2D eigenvalue weighted by molar-refractivity contribution is -0.120. The number of rotatable bonds is 6. The lowest BCUT2D eigenvalue weighted by atomic mass is 9.98. The van der Waals surface area contributed by atoms with Crippen LogP contribution >= 0.6 is 0 Å². The molecule has 0 aliphatic heterocycles. The molecule has 0 bridgehead atoms. The Hall–Kier alpha value is -1.84. The highest BCUT2D eigenvalue weighted by atomic mass is 16.5. The van der Waals surface area contributed by atoms with Crippen LogP contribution in [-0.2, 0) is 4.79 Å². The second-order valence-electron chi connectivity index (χ2n) is 4.59. The monoisotopic (exact) mass is 263 g/mol. The Bertz CT molecular complexity index is 481. The quantitative estimate of drug-likeness (QED) is 0.802. The minimum Gasteiger partial charge on any atom is -0.496 e. The predicted molar refractivity (Wildman–Crippen MR) is 74.7 cm³/mol. The molecule has 0 saturated carbocycles. The number of carbonyl (C=O) groups excluding carboxylic acids is 2. The first-order valence-electron chi connectivity index (χ1n) is 6.38. The van der Waals surface area contributed by atoms with Gasteiger partial charge in [-0.3, -0.25) is 9.59 Å². The summed E-state index contributed by atoms with van der Waals surface area (Å²) in [4.78, 5) is 23.2. The first-order valence-corrected chi connectivity index (χ1v) is 6.38. The second kappa shape index (κ2) is 6.92. The molecule has 0 heterocycles. The van der Waals surface area contributed by atoms with Crippen molar-refractivity contribution in [3.05, 3.63) is 28.8 Å². The van der Waals surface area contributed by atoms with Crippen LogP contribution in [-0.4, -0.2) is 25.8 Å². The van der Waals surface area contributed by atoms with Crippen molar-refractivity contribution in [2.24, 2.45) is 0 Å². The second-order valence-corrected chi connectivity index (χ2v) is 4.59. The van der Waals surface area contributed by atoms with Gasteiger partial charge in [0.2, 0.25) is 5.91 Å². The molecule has 0 atom stereocenters. The summed E-state index contributed by atoms with van der Waals surface area (Å²) in [6.07, 6.45) is 1.35.